The van der Waals surface area contributed by atoms with E-state index in [1.54, 1.807) is 30.5 Å². The number of aromatic nitrogens is 2. The minimum Gasteiger partial charge on any atom is -0.326 e. The molecule has 3 heterocycles. The van der Waals surface area contributed by atoms with Gasteiger partial charge in [0.2, 0.25) is 0 Å². The fourth-order valence-corrected chi connectivity index (χ4v) is 5.03. The third-order valence-corrected chi connectivity index (χ3v) is 6.50. The van der Waals surface area contributed by atoms with E-state index in [9.17, 15) is 9.59 Å². The number of carbonyl (C=O) groups excluding carboxylic acids is 1. The normalized spacial score (nSPS) is 16.0. The van der Waals surface area contributed by atoms with Crippen LogP contribution in [0.1, 0.15) is 32.5 Å². The van der Waals surface area contributed by atoms with Crippen molar-refractivity contribution in [3.05, 3.63) is 98.1 Å². The number of amides is 1. The van der Waals surface area contributed by atoms with Gasteiger partial charge in [0, 0.05) is 23.9 Å². The van der Waals surface area contributed by atoms with E-state index in [0.717, 1.165) is 12.0 Å². The Kier molecular flexibility index (Phi) is 4.28. The summed E-state index contributed by atoms with van der Waals surface area (Å²) in [5.74, 6) is -0.150. The Hall–Kier alpha value is -3.25. The van der Waals surface area contributed by atoms with Crippen LogP contribution >= 0.6 is 11.3 Å². The molecule has 0 unspecified atom stereocenters. The molecule has 29 heavy (non-hydrogen) atoms. The van der Waals surface area contributed by atoms with Crippen molar-refractivity contribution in [1.82, 2.24) is 14.7 Å². The van der Waals surface area contributed by atoms with Gasteiger partial charge in [0.05, 0.1) is 11.4 Å². The molecule has 0 spiro atoms. The summed E-state index contributed by atoms with van der Waals surface area (Å²) in [6.45, 7) is 0.616. The molecule has 4 aromatic rings. The number of nitrogens with zero attached hydrogens (tertiary/aromatic N) is 3. The van der Waals surface area contributed by atoms with E-state index in [0.29, 0.717) is 23.0 Å². The summed E-state index contributed by atoms with van der Waals surface area (Å²) in [7, 11) is 1.59. The molecule has 6 heteroatoms. The van der Waals surface area contributed by atoms with Crippen LogP contribution in [0.15, 0.2) is 70.8 Å². The molecular weight excluding hydrogens is 382 g/mol. The molecule has 1 aliphatic rings. The number of carbonyl (C=O) groups is 1. The first kappa shape index (κ1) is 17.8. The lowest BCUT2D eigenvalue weighted by atomic mass is 9.92. The maximum absolute atomic E-state index is 13.7. The Morgan fingerprint density at radius 2 is 1.76 bits per heavy atom. The van der Waals surface area contributed by atoms with Crippen LogP contribution < -0.4 is 5.56 Å². The molecule has 2 aromatic carbocycles. The summed E-state index contributed by atoms with van der Waals surface area (Å²) in [4.78, 5) is 29.4. The van der Waals surface area contributed by atoms with Gasteiger partial charge in [0.1, 0.15) is 0 Å². The second-order valence-corrected chi connectivity index (χ2v) is 8.18. The largest absolute Gasteiger partial charge is 0.326 e. The van der Waals surface area contributed by atoms with Crippen LogP contribution in [0.25, 0.3) is 10.8 Å². The van der Waals surface area contributed by atoms with Crippen molar-refractivity contribution < 1.29 is 4.79 Å². The Morgan fingerprint density at radius 3 is 2.55 bits per heavy atom. The maximum atomic E-state index is 13.7. The van der Waals surface area contributed by atoms with Crippen molar-refractivity contribution >= 4 is 28.0 Å². The summed E-state index contributed by atoms with van der Waals surface area (Å²) >= 11 is 1.74. The Bertz CT molecular complexity index is 1280. The highest BCUT2D eigenvalue weighted by Gasteiger charge is 2.34. The standard InChI is InChI=1S/C23H19N3O2S/c1-25-22(27)17-10-6-5-9-16(17)20(24-25)23(28)26-13-11-19-18(12-14-29-19)21(26)15-7-3-2-4-8-15/h2-10,12,14,21H,11,13H2,1H3/t21-/m1/s1. The fourth-order valence-electron chi connectivity index (χ4n) is 4.12. The Morgan fingerprint density at radius 1 is 1.03 bits per heavy atom. The molecule has 0 saturated carbocycles. The van der Waals surface area contributed by atoms with Gasteiger partial charge in [-0.2, -0.15) is 5.10 Å². The minimum atomic E-state index is -0.199. The van der Waals surface area contributed by atoms with E-state index in [2.05, 4.69) is 28.7 Å². The van der Waals surface area contributed by atoms with E-state index in [4.69, 9.17) is 0 Å². The van der Waals surface area contributed by atoms with Crippen molar-refractivity contribution in [3.8, 4) is 0 Å². The number of hydrogen-bond acceptors (Lipinski definition) is 4. The molecule has 0 N–H and O–H groups in total. The molecule has 0 aliphatic carbocycles. The molecule has 0 bridgehead atoms. The molecule has 0 fully saturated rings. The van der Waals surface area contributed by atoms with Gasteiger partial charge in [-0.05, 0) is 35.1 Å². The van der Waals surface area contributed by atoms with E-state index in [1.165, 1.54) is 15.1 Å². The van der Waals surface area contributed by atoms with Crippen LogP contribution in [0.4, 0.5) is 0 Å². The topological polar surface area (TPSA) is 55.2 Å². The molecule has 1 amide bonds. The first-order valence-electron chi connectivity index (χ1n) is 9.53. The smallest absolute Gasteiger partial charge is 0.275 e. The van der Waals surface area contributed by atoms with Gasteiger partial charge in [-0.3, -0.25) is 9.59 Å². The van der Waals surface area contributed by atoms with Crippen LogP contribution in [0.5, 0.6) is 0 Å². The summed E-state index contributed by atoms with van der Waals surface area (Å²) in [6, 6.07) is 19.2. The zero-order valence-corrected chi connectivity index (χ0v) is 16.7. The first-order chi connectivity index (χ1) is 14.1. The third kappa shape index (κ3) is 2.87. The lowest BCUT2D eigenvalue weighted by molar-refractivity contribution is 0.0690. The summed E-state index contributed by atoms with van der Waals surface area (Å²) in [6.07, 6.45) is 0.825. The van der Waals surface area contributed by atoms with Crippen molar-refractivity contribution in [2.75, 3.05) is 6.54 Å². The lowest BCUT2D eigenvalue weighted by Crippen LogP contribution is -2.41. The van der Waals surface area contributed by atoms with Crippen molar-refractivity contribution in [2.45, 2.75) is 12.5 Å². The highest BCUT2D eigenvalue weighted by atomic mass is 32.1. The summed E-state index contributed by atoms with van der Waals surface area (Å²) < 4.78 is 1.26. The zero-order chi connectivity index (χ0) is 20.0. The van der Waals surface area contributed by atoms with Gasteiger partial charge >= 0.3 is 0 Å². The maximum Gasteiger partial charge on any atom is 0.275 e. The quantitative estimate of drug-likeness (QED) is 0.514. The minimum absolute atomic E-state index is 0.150. The van der Waals surface area contributed by atoms with E-state index < -0.39 is 0 Å². The van der Waals surface area contributed by atoms with E-state index >= 15 is 0 Å². The van der Waals surface area contributed by atoms with Crippen LogP contribution in [0.2, 0.25) is 0 Å². The number of hydrogen-bond donors (Lipinski definition) is 0. The lowest BCUT2D eigenvalue weighted by Gasteiger charge is -2.36. The van der Waals surface area contributed by atoms with Crippen molar-refractivity contribution in [2.24, 2.45) is 7.05 Å². The summed E-state index contributed by atoms with van der Waals surface area (Å²) in [5.41, 5.74) is 2.38. The monoisotopic (exact) mass is 401 g/mol. The van der Waals surface area contributed by atoms with Gasteiger partial charge in [-0.25, -0.2) is 4.68 Å². The molecule has 144 valence electrons. The van der Waals surface area contributed by atoms with Gasteiger partial charge in [-0.15, -0.1) is 11.3 Å². The molecule has 1 aliphatic heterocycles. The van der Waals surface area contributed by atoms with Gasteiger partial charge in [0.25, 0.3) is 11.5 Å². The van der Waals surface area contributed by atoms with Crippen LogP contribution in [0.3, 0.4) is 0 Å². The highest BCUT2D eigenvalue weighted by molar-refractivity contribution is 7.10. The average molecular weight is 401 g/mol. The van der Waals surface area contributed by atoms with Gasteiger partial charge in [0.15, 0.2) is 5.69 Å². The van der Waals surface area contributed by atoms with E-state index in [1.807, 2.05) is 35.2 Å². The Labute approximate surface area is 171 Å². The zero-order valence-electron chi connectivity index (χ0n) is 15.9. The Balaban J connectivity index is 1.67. The van der Waals surface area contributed by atoms with Crippen molar-refractivity contribution in [3.63, 3.8) is 0 Å². The number of fused-ring (bicyclic) bond motifs is 2. The second kappa shape index (κ2) is 6.97. The van der Waals surface area contributed by atoms with Crippen molar-refractivity contribution in [1.29, 1.82) is 0 Å². The van der Waals surface area contributed by atoms with Crippen LogP contribution in [0, 0.1) is 0 Å². The number of thiophene rings is 1. The number of benzene rings is 2. The van der Waals surface area contributed by atoms with Gasteiger partial charge in [-0.1, -0.05) is 48.5 Å². The second-order valence-electron chi connectivity index (χ2n) is 7.18. The predicted molar refractivity (Wildman–Crippen MR) is 114 cm³/mol. The summed E-state index contributed by atoms with van der Waals surface area (Å²) in [5, 5.41) is 7.57. The molecule has 5 rings (SSSR count). The molecule has 0 radical (unpaired) electrons. The molecule has 5 nitrogen and oxygen atoms in total. The first-order valence-corrected chi connectivity index (χ1v) is 10.4. The van der Waals surface area contributed by atoms with Crippen LogP contribution in [-0.2, 0) is 13.5 Å². The van der Waals surface area contributed by atoms with Gasteiger partial charge < -0.3 is 4.90 Å². The number of rotatable bonds is 2. The average Bonchev–Trinajstić information content (AvgIpc) is 3.24. The fraction of sp³-hybridized carbons (Fsp3) is 0.174. The SMILES string of the molecule is Cn1nc(C(=O)N2CCc3sccc3[C@H]2c2ccccc2)c2ccccc2c1=O. The molecule has 2 aromatic heterocycles. The third-order valence-electron chi connectivity index (χ3n) is 5.50. The molecule has 1 atom stereocenters. The molecule has 0 saturated heterocycles. The van der Waals surface area contributed by atoms with E-state index in [-0.39, 0.29) is 17.5 Å². The highest BCUT2D eigenvalue weighted by Crippen LogP contribution is 2.38. The molecular formula is C23H19N3O2S. The van der Waals surface area contributed by atoms with Crippen LogP contribution in [-0.4, -0.2) is 27.1 Å². The predicted octanol–water partition coefficient (Wildman–Crippen LogP) is 3.78. The number of aryl methyl sites for hydroxylation is 1.